The highest BCUT2D eigenvalue weighted by atomic mass is 16.6. The molecule has 0 radical (unpaired) electrons. The van der Waals surface area contributed by atoms with Gasteiger partial charge in [0, 0.05) is 18.3 Å². The Morgan fingerprint density at radius 3 is 2.46 bits per heavy atom. The van der Waals surface area contributed by atoms with Gasteiger partial charge < -0.3 is 4.74 Å². The molecule has 0 aliphatic rings. The minimum atomic E-state index is -0.783. The van der Waals surface area contributed by atoms with Crippen LogP contribution in [0.1, 0.15) is 33.6 Å². The minimum Gasteiger partial charge on any atom is -0.456 e. The van der Waals surface area contributed by atoms with Crippen LogP contribution in [0, 0.1) is 10.1 Å². The van der Waals surface area contributed by atoms with Crippen molar-refractivity contribution in [1.29, 1.82) is 0 Å². The molecule has 0 aromatic rings. The van der Waals surface area contributed by atoms with Crippen molar-refractivity contribution in [3.63, 3.8) is 0 Å². The maximum absolute atomic E-state index is 10.5. The molecule has 5 nitrogen and oxygen atoms in total. The normalized spacial score (nSPS) is 14.7. The first kappa shape index (κ1) is 11.9. The molecule has 0 heterocycles. The molecule has 0 rings (SSSR count). The van der Waals surface area contributed by atoms with Crippen LogP contribution in [0.2, 0.25) is 0 Å². The fourth-order valence-electron chi connectivity index (χ4n) is 1.15. The summed E-state index contributed by atoms with van der Waals surface area (Å²) < 4.78 is 4.75. The van der Waals surface area contributed by atoms with E-state index in [2.05, 4.69) is 0 Å². The molecule has 0 aliphatic carbocycles. The molecule has 0 saturated heterocycles. The number of ether oxygens (including phenoxy) is 1. The van der Waals surface area contributed by atoms with E-state index in [0.29, 0.717) is 12.8 Å². The molecule has 0 fully saturated rings. The van der Waals surface area contributed by atoms with Crippen LogP contribution in [0.15, 0.2) is 0 Å². The first-order valence-corrected chi connectivity index (χ1v) is 4.29. The fraction of sp³-hybridized carbons (Fsp3) is 0.875. The van der Waals surface area contributed by atoms with Gasteiger partial charge in [-0.1, -0.05) is 6.92 Å². The van der Waals surface area contributed by atoms with E-state index in [0.717, 1.165) is 0 Å². The smallest absolute Gasteiger partial charge is 0.303 e. The third-order valence-corrected chi connectivity index (χ3v) is 1.75. The molecular weight excluding hydrogens is 174 g/mol. The molecule has 5 heteroatoms. The Kier molecular flexibility index (Phi) is 5.03. The van der Waals surface area contributed by atoms with Crippen molar-refractivity contribution in [2.75, 3.05) is 0 Å². The molecule has 0 N–H and O–H groups in total. The van der Waals surface area contributed by atoms with Crippen molar-refractivity contribution in [3.05, 3.63) is 10.1 Å². The van der Waals surface area contributed by atoms with E-state index in [9.17, 15) is 14.9 Å². The van der Waals surface area contributed by atoms with E-state index >= 15 is 0 Å². The van der Waals surface area contributed by atoms with Crippen molar-refractivity contribution in [2.45, 2.75) is 45.8 Å². The lowest BCUT2D eigenvalue weighted by Crippen LogP contribution is -2.34. The number of hydrogen-bond donors (Lipinski definition) is 0. The third kappa shape index (κ3) is 4.45. The lowest BCUT2D eigenvalue weighted by Gasteiger charge is -2.15. The second-order valence-corrected chi connectivity index (χ2v) is 2.96. The number of rotatable bonds is 5. The first-order valence-electron chi connectivity index (χ1n) is 4.29. The van der Waals surface area contributed by atoms with Crippen LogP contribution < -0.4 is 0 Å². The molecule has 0 saturated carbocycles. The minimum absolute atomic E-state index is 0.392. The number of nitrogens with zero attached hydrogens (tertiary/aromatic N) is 1. The predicted molar refractivity (Wildman–Crippen MR) is 46.9 cm³/mol. The number of esters is 1. The Bertz CT molecular complexity index is 193. The van der Waals surface area contributed by atoms with Crippen LogP contribution >= 0.6 is 0 Å². The van der Waals surface area contributed by atoms with Gasteiger partial charge in [0.15, 0.2) is 6.10 Å². The molecule has 0 aromatic heterocycles. The van der Waals surface area contributed by atoms with Gasteiger partial charge >= 0.3 is 5.97 Å². The van der Waals surface area contributed by atoms with E-state index in [4.69, 9.17) is 4.74 Å². The van der Waals surface area contributed by atoms with Crippen LogP contribution in [0.4, 0.5) is 0 Å². The SMILES string of the molecule is CCCC(C(C)OC(C)=O)[N+](=O)[O-]. The van der Waals surface area contributed by atoms with Gasteiger partial charge in [-0.3, -0.25) is 14.9 Å². The summed E-state index contributed by atoms with van der Waals surface area (Å²) in [7, 11) is 0. The van der Waals surface area contributed by atoms with Gasteiger partial charge in [0.25, 0.3) is 0 Å². The van der Waals surface area contributed by atoms with E-state index in [1.165, 1.54) is 6.92 Å². The largest absolute Gasteiger partial charge is 0.456 e. The summed E-state index contributed by atoms with van der Waals surface area (Å²) in [6.45, 7) is 4.65. The first-order chi connectivity index (χ1) is 5.99. The maximum atomic E-state index is 10.5. The number of carbonyl (C=O) groups is 1. The molecule has 2 atom stereocenters. The summed E-state index contributed by atoms with van der Waals surface area (Å²) in [5.41, 5.74) is 0. The monoisotopic (exact) mass is 189 g/mol. The van der Waals surface area contributed by atoms with Gasteiger partial charge in [-0.25, -0.2) is 0 Å². The van der Waals surface area contributed by atoms with Gasteiger partial charge in [-0.15, -0.1) is 0 Å². The summed E-state index contributed by atoms with van der Waals surface area (Å²) in [6.07, 6.45) is 0.492. The van der Waals surface area contributed by atoms with Gasteiger partial charge in [0.05, 0.1) is 0 Å². The zero-order valence-electron chi connectivity index (χ0n) is 8.15. The summed E-state index contributed by atoms with van der Waals surface area (Å²) >= 11 is 0. The van der Waals surface area contributed by atoms with E-state index in [1.54, 1.807) is 6.92 Å². The van der Waals surface area contributed by atoms with Crippen LogP contribution in [0.25, 0.3) is 0 Å². The van der Waals surface area contributed by atoms with Crippen molar-refractivity contribution in [2.24, 2.45) is 0 Å². The third-order valence-electron chi connectivity index (χ3n) is 1.75. The van der Waals surface area contributed by atoms with Gasteiger partial charge in [0.2, 0.25) is 6.04 Å². The molecule has 0 spiro atoms. The van der Waals surface area contributed by atoms with Gasteiger partial charge in [0.1, 0.15) is 0 Å². The molecule has 2 unspecified atom stereocenters. The Morgan fingerprint density at radius 1 is 1.62 bits per heavy atom. The molecule has 0 amide bonds. The number of hydrogen-bond acceptors (Lipinski definition) is 4. The highest BCUT2D eigenvalue weighted by Gasteiger charge is 2.28. The van der Waals surface area contributed by atoms with Gasteiger partial charge in [-0.2, -0.15) is 0 Å². The Balaban J connectivity index is 4.18. The van der Waals surface area contributed by atoms with Crippen LogP contribution in [-0.4, -0.2) is 23.0 Å². The Morgan fingerprint density at radius 2 is 2.15 bits per heavy atom. The maximum Gasteiger partial charge on any atom is 0.303 e. The number of nitro groups is 1. The average molecular weight is 189 g/mol. The van der Waals surface area contributed by atoms with Crippen molar-refractivity contribution in [1.82, 2.24) is 0 Å². The quantitative estimate of drug-likeness (QED) is 0.372. The summed E-state index contributed by atoms with van der Waals surface area (Å²) in [5, 5.41) is 10.5. The number of carbonyl (C=O) groups excluding carboxylic acids is 1. The van der Waals surface area contributed by atoms with Crippen molar-refractivity contribution in [3.8, 4) is 0 Å². The molecule has 0 aromatic carbocycles. The Hall–Kier alpha value is -1.13. The Labute approximate surface area is 77.2 Å². The highest BCUT2D eigenvalue weighted by molar-refractivity contribution is 5.66. The summed E-state index contributed by atoms with van der Waals surface area (Å²) in [4.78, 5) is 20.7. The highest BCUT2D eigenvalue weighted by Crippen LogP contribution is 2.09. The standard InChI is InChI=1S/C8H15NO4/c1-4-5-8(9(11)12)6(2)13-7(3)10/h6,8H,4-5H2,1-3H3. The molecule has 0 aliphatic heterocycles. The molecule has 13 heavy (non-hydrogen) atoms. The zero-order chi connectivity index (χ0) is 10.4. The van der Waals surface area contributed by atoms with Crippen LogP contribution in [0.3, 0.4) is 0 Å². The molecular formula is C8H15NO4. The second-order valence-electron chi connectivity index (χ2n) is 2.96. The second kappa shape index (κ2) is 5.50. The summed E-state index contributed by atoms with van der Waals surface area (Å²) in [5.74, 6) is -0.476. The lowest BCUT2D eigenvalue weighted by atomic mass is 10.1. The van der Waals surface area contributed by atoms with Crippen LogP contribution in [-0.2, 0) is 9.53 Å². The van der Waals surface area contributed by atoms with E-state index < -0.39 is 23.0 Å². The zero-order valence-corrected chi connectivity index (χ0v) is 8.15. The van der Waals surface area contributed by atoms with Crippen molar-refractivity contribution >= 4 is 5.97 Å². The average Bonchev–Trinajstić information content (AvgIpc) is 1.97. The predicted octanol–water partition coefficient (Wildman–Crippen LogP) is 1.38. The van der Waals surface area contributed by atoms with E-state index in [1.807, 2.05) is 6.92 Å². The molecule has 76 valence electrons. The topological polar surface area (TPSA) is 69.4 Å². The van der Waals surface area contributed by atoms with Crippen LogP contribution in [0.5, 0.6) is 0 Å². The van der Waals surface area contributed by atoms with Crippen molar-refractivity contribution < 1.29 is 14.5 Å². The fourth-order valence-corrected chi connectivity index (χ4v) is 1.15. The molecule has 0 bridgehead atoms. The lowest BCUT2D eigenvalue weighted by molar-refractivity contribution is -0.534. The summed E-state index contributed by atoms with van der Waals surface area (Å²) in [6, 6.07) is -0.783. The van der Waals surface area contributed by atoms with E-state index in [-0.39, 0.29) is 0 Å². The van der Waals surface area contributed by atoms with Gasteiger partial charge in [-0.05, 0) is 13.3 Å².